The van der Waals surface area contributed by atoms with Crippen LogP contribution in [0.2, 0.25) is 0 Å². The van der Waals surface area contributed by atoms with Crippen LogP contribution in [0.1, 0.15) is 44.3 Å². The summed E-state index contributed by atoms with van der Waals surface area (Å²) in [5, 5.41) is 0. The van der Waals surface area contributed by atoms with Crippen molar-refractivity contribution in [2.45, 2.75) is 55.9 Å². The van der Waals surface area contributed by atoms with Gasteiger partial charge < -0.3 is 14.4 Å². The smallest absolute Gasteiger partial charge is 0.242 e. The fraction of sp³-hybridized carbons (Fsp3) is 0.652. The average molecular weight is 464 g/mol. The number of imidazole rings is 1. The number of amides is 1. The van der Waals surface area contributed by atoms with E-state index < -0.39 is 10.0 Å². The van der Waals surface area contributed by atoms with E-state index in [0.717, 1.165) is 24.4 Å². The van der Waals surface area contributed by atoms with Crippen molar-refractivity contribution in [3.05, 3.63) is 24.0 Å². The van der Waals surface area contributed by atoms with Crippen LogP contribution in [-0.2, 0) is 28.3 Å². The maximum atomic E-state index is 12.7. The Morgan fingerprint density at radius 3 is 2.44 bits per heavy atom. The van der Waals surface area contributed by atoms with Crippen LogP contribution in [0.4, 0.5) is 0 Å². The first kappa shape index (κ1) is 24.7. The summed E-state index contributed by atoms with van der Waals surface area (Å²) in [6.07, 6.45) is 7.38. The third kappa shape index (κ3) is 5.50. The first-order valence-corrected chi connectivity index (χ1v) is 12.9. The van der Waals surface area contributed by atoms with Gasteiger partial charge in [0.15, 0.2) is 0 Å². The summed E-state index contributed by atoms with van der Waals surface area (Å²) in [6.45, 7) is 1.61. The Labute approximate surface area is 192 Å². The van der Waals surface area contributed by atoms with Crippen molar-refractivity contribution in [2.24, 2.45) is 7.05 Å². The molecule has 0 bridgehead atoms. The number of rotatable bonds is 9. The largest absolute Gasteiger partial charge is 0.344 e. The Balaban J connectivity index is 1.58. The fourth-order valence-electron chi connectivity index (χ4n) is 4.37. The van der Waals surface area contributed by atoms with Crippen LogP contribution in [0.5, 0.6) is 0 Å². The predicted molar refractivity (Wildman–Crippen MR) is 127 cm³/mol. The molecular weight excluding hydrogens is 426 g/mol. The monoisotopic (exact) mass is 463 g/mol. The normalized spacial score (nSPS) is 15.7. The molecule has 0 atom stereocenters. The van der Waals surface area contributed by atoms with E-state index in [0.29, 0.717) is 24.4 Å². The highest BCUT2D eigenvalue weighted by Gasteiger charge is 2.21. The summed E-state index contributed by atoms with van der Waals surface area (Å²) in [6, 6.07) is 5.62. The zero-order chi connectivity index (χ0) is 23.5. The van der Waals surface area contributed by atoms with Gasteiger partial charge in [-0.3, -0.25) is 4.79 Å². The van der Waals surface area contributed by atoms with Crippen LogP contribution >= 0.6 is 0 Å². The second-order valence-electron chi connectivity index (χ2n) is 9.11. The summed E-state index contributed by atoms with van der Waals surface area (Å²) in [5.74, 6) is 0.880. The molecule has 0 unspecified atom stereocenters. The van der Waals surface area contributed by atoms with Gasteiger partial charge >= 0.3 is 0 Å². The third-order valence-corrected chi connectivity index (χ3v) is 8.51. The number of likely N-dealkylation sites (N-methyl/N-ethyl adjacent to an activating group) is 2. The molecule has 1 heterocycles. The quantitative estimate of drug-likeness (QED) is 0.571. The third-order valence-electron chi connectivity index (χ3n) is 6.70. The standard InChI is InChI=1S/C23H37N5O3S/c1-25(2)32(30,31)19-11-12-21-20(17-19)24-22(28(21)5)13-14-23(29)27(4)16-15-26(3)18-9-7-6-8-10-18/h11-12,17-18H,6-10,13-16H2,1-5H3. The molecule has 1 aromatic heterocycles. The van der Waals surface area contributed by atoms with E-state index in [9.17, 15) is 13.2 Å². The van der Waals surface area contributed by atoms with Gasteiger partial charge in [-0.25, -0.2) is 17.7 Å². The molecule has 1 amide bonds. The van der Waals surface area contributed by atoms with Gasteiger partial charge in [0.2, 0.25) is 15.9 Å². The first-order valence-electron chi connectivity index (χ1n) is 11.4. The highest BCUT2D eigenvalue weighted by molar-refractivity contribution is 7.89. The number of fused-ring (bicyclic) bond motifs is 1. The summed E-state index contributed by atoms with van der Waals surface area (Å²) in [5.41, 5.74) is 1.48. The molecular formula is C23H37N5O3S. The number of sulfonamides is 1. The number of benzene rings is 1. The lowest BCUT2D eigenvalue weighted by Gasteiger charge is -2.32. The molecule has 0 radical (unpaired) electrons. The fourth-order valence-corrected chi connectivity index (χ4v) is 5.29. The average Bonchev–Trinajstić information content (AvgIpc) is 3.10. The van der Waals surface area contributed by atoms with Crippen molar-refractivity contribution in [3.8, 4) is 0 Å². The van der Waals surface area contributed by atoms with E-state index in [-0.39, 0.29) is 10.8 Å². The van der Waals surface area contributed by atoms with Gasteiger partial charge in [-0.2, -0.15) is 0 Å². The number of carbonyl (C=O) groups is 1. The van der Waals surface area contributed by atoms with E-state index in [4.69, 9.17) is 0 Å². The second kappa shape index (κ2) is 10.3. The molecule has 0 aliphatic heterocycles. The number of hydrogen-bond acceptors (Lipinski definition) is 5. The lowest BCUT2D eigenvalue weighted by molar-refractivity contribution is -0.130. The number of aryl methyl sites for hydroxylation is 2. The molecule has 178 valence electrons. The second-order valence-corrected chi connectivity index (χ2v) is 11.3. The van der Waals surface area contributed by atoms with Gasteiger partial charge in [0, 0.05) is 60.2 Å². The van der Waals surface area contributed by atoms with Crippen LogP contribution in [0.15, 0.2) is 23.1 Å². The molecule has 0 spiro atoms. The Morgan fingerprint density at radius 2 is 1.78 bits per heavy atom. The molecule has 1 fully saturated rings. The van der Waals surface area contributed by atoms with Crippen LogP contribution in [0, 0.1) is 0 Å². The highest BCUT2D eigenvalue weighted by Crippen LogP contribution is 2.23. The summed E-state index contributed by atoms with van der Waals surface area (Å²) in [4.78, 5) is 21.7. The van der Waals surface area contributed by atoms with Crippen molar-refractivity contribution in [2.75, 3.05) is 41.3 Å². The highest BCUT2D eigenvalue weighted by atomic mass is 32.2. The maximum Gasteiger partial charge on any atom is 0.242 e. The lowest BCUT2D eigenvalue weighted by atomic mass is 9.94. The minimum absolute atomic E-state index is 0.102. The number of nitrogens with zero attached hydrogens (tertiary/aromatic N) is 5. The predicted octanol–water partition coefficient (Wildman–Crippen LogP) is 2.48. The molecule has 1 aliphatic carbocycles. The summed E-state index contributed by atoms with van der Waals surface area (Å²) < 4.78 is 27.9. The molecule has 1 saturated carbocycles. The number of aromatic nitrogens is 2. The Kier molecular flexibility index (Phi) is 7.95. The van der Waals surface area contributed by atoms with Gasteiger partial charge in [-0.15, -0.1) is 0 Å². The van der Waals surface area contributed by atoms with E-state index in [1.165, 1.54) is 50.5 Å². The Morgan fingerprint density at radius 1 is 1.09 bits per heavy atom. The van der Waals surface area contributed by atoms with E-state index in [2.05, 4.69) is 16.9 Å². The van der Waals surface area contributed by atoms with Gasteiger partial charge in [0.05, 0.1) is 15.9 Å². The van der Waals surface area contributed by atoms with E-state index in [1.54, 1.807) is 18.2 Å². The van der Waals surface area contributed by atoms with Gasteiger partial charge in [-0.1, -0.05) is 19.3 Å². The lowest BCUT2D eigenvalue weighted by Crippen LogP contribution is -2.40. The Bertz CT molecular complexity index is 1040. The minimum atomic E-state index is -3.51. The number of hydrogen-bond donors (Lipinski definition) is 0. The molecule has 0 saturated heterocycles. The molecule has 8 nitrogen and oxygen atoms in total. The summed E-state index contributed by atoms with van der Waals surface area (Å²) >= 11 is 0. The van der Waals surface area contributed by atoms with Crippen molar-refractivity contribution in [1.82, 2.24) is 23.7 Å². The topological polar surface area (TPSA) is 78.8 Å². The van der Waals surface area contributed by atoms with Crippen molar-refractivity contribution >= 4 is 27.0 Å². The minimum Gasteiger partial charge on any atom is -0.344 e. The van der Waals surface area contributed by atoms with Crippen molar-refractivity contribution < 1.29 is 13.2 Å². The number of carbonyl (C=O) groups excluding carboxylic acids is 1. The molecule has 1 aromatic carbocycles. The van der Waals surface area contributed by atoms with Crippen LogP contribution in [-0.4, -0.2) is 85.3 Å². The van der Waals surface area contributed by atoms with Gasteiger partial charge in [0.1, 0.15) is 5.82 Å². The molecule has 9 heteroatoms. The molecule has 3 rings (SSSR count). The summed E-state index contributed by atoms with van der Waals surface area (Å²) in [7, 11) is 5.44. The maximum absolute atomic E-state index is 12.7. The van der Waals surface area contributed by atoms with Crippen LogP contribution in [0.25, 0.3) is 11.0 Å². The zero-order valence-electron chi connectivity index (χ0n) is 20.0. The SMILES string of the molecule is CN(CCN(C)C1CCCCC1)C(=O)CCc1nc2cc(S(=O)(=O)N(C)C)ccc2n1C. The van der Waals surface area contributed by atoms with Gasteiger partial charge in [0.25, 0.3) is 0 Å². The molecule has 32 heavy (non-hydrogen) atoms. The van der Waals surface area contributed by atoms with Crippen LogP contribution < -0.4 is 0 Å². The molecule has 0 N–H and O–H groups in total. The van der Waals surface area contributed by atoms with Gasteiger partial charge in [-0.05, 0) is 38.1 Å². The zero-order valence-corrected chi connectivity index (χ0v) is 20.9. The van der Waals surface area contributed by atoms with Crippen LogP contribution in [0.3, 0.4) is 0 Å². The van der Waals surface area contributed by atoms with E-state index >= 15 is 0 Å². The van der Waals surface area contributed by atoms with Crippen molar-refractivity contribution in [1.29, 1.82) is 0 Å². The molecule has 1 aliphatic rings. The molecule has 2 aromatic rings. The Hall–Kier alpha value is -1.97. The van der Waals surface area contributed by atoms with Crippen molar-refractivity contribution in [3.63, 3.8) is 0 Å². The first-order chi connectivity index (χ1) is 15.1. The van der Waals surface area contributed by atoms with E-state index in [1.807, 2.05) is 23.6 Å².